The van der Waals surface area contributed by atoms with Crippen molar-refractivity contribution in [1.29, 1.82) is 0 Å². The maximum atomic E-state index is 12.0. The number of carbonyl (C=O) groups excluding carboxylic acids is 1. The molecule has 3 rings (SSSR count). The summed E-state index contributed by atoms with van der Waals surface area (Å²) in [6, 6.07) is 0. The molecule has 3 nitrogen and oxygen atoms in total. The van der Waals surface area contributed by atoms with E-state index in [2.05, 4.69) is 0 Å². The summed E-state index contributed by atoms with van der Waals surface area (Å²) in [6.45, 7) is 3.11. The fourth-order valence-corrected chi connectivity index (χ4v) is 3.22. The molecule has 1 aliphatic heterocycles. The molecular weight excluding hydrogens is 190 g/mol. The highest BCUT2D eigenvalue weighted by molar-refractivity contribution is 5.80. The third-order valence-corrected chi connectivity index (χ3v) is 4.53. The van der Waals surface area contributed by atoms with Gasteiger partial charge in [0.05, 0.1) is 18.7 Å². The fourth-order valence-electron chi connectivity index (χ4n) is 3.22. The van der Waals surface area contributed by atoms with Crippen molar-refractivity contribution in [2.24, 2.45) is 17.8 Å². The van der Waals surface area contributed by atoms with Crippen molar-refractivity contribution in [2.45, 2.75) is 38.2 Å². The number of carbonyl (C=O) groups is 1. The monoisotopic (exact) mass is 209 g/mol. The lowest BCUT2D eigenvalue weighted by Gasteiger charge is -2.47. The molecule has 3 heteroatoms. The SMILES string of the molecule is CCC1(O)CN(C(=O)C2CC3CC3C2)C1. The molecule has 1 saturated heterocycles. The molecule has 15 heavy (non-hydrogen) atoms. The molecule has 0 spiro atoms. The van der Waals surface area contributed by atoms with Crippen LogP contribution in [-0.4, -0.2) is 34.6 Å². The number of hydrogen-bond donors (Lipinski definition) is 1. The molecule has 3 aliphatic rings. The van der Waals surface area contributed by atoms with E-state index in [1.807, 2.05) is 11.8 Å². The summed E-state index contributed by atoms with van der Waals surface area (Å²) in [5.74, 6) is 2.33. The fraction of sp³-hybridized carbons (Fsp3) is 0.917. The number of rotatable bonds is 2. The highest BCUT2D eigenvalue weighted by Crippen LogP contribution is 2.54. The van der Waals surface area contributed by atoms with Crippen LogP contribution in [-0.2, 0) is 4.79 Å². The van der Waals surface area contributed by atoms with Gasteiger partial charge >= 0.3 is 0 Å². The molecule has 1 heterocycles. The highest BCUT2D eigenvalue weighted by Gasteiger charge is 2.51. The number of likely N-dealkylation sites (tertiary alicyclic amines) is 1. The summed E-state index contributed by atoms with van der Waals surface area (Å²) in [5.41, 5.74) is -0.572. The van der Waals surface area contributed by atoms with E-state index in [9.17, 15) is 9.90 Å². The zero-order chi connectivity index (χ0) is 10.6. The zero-order valence-electron chi connectivity index (χ0n) is 9.28. The van der Waals surface area contributed by atoms with Gasteiger partial charge < -0.3 is 10.0 Å². The maximum absolute atomic E-state index is 12.0. The maximum Gasteiger partial charge on any atom is 0.225 e. The number of aliphatic hydroxyl groups is 1. The van der Waals surface area contributed by atoms with Crippen LogP contribution in [0, 0.1) is 17.8 Å². The second kappa shape index (κ2) is 2.97. The quantitative estimate of drug-likeness (QED) is 0.737. The predicted molar refractivity (Wildman–Crippen MR) is 56.1 cm³/mol. The first-order valence-corrected chi connectivity index (χ1v) is 6.12. The van der Waals surface area contributed by atoms with Crippen molar-refractivity contribution >= 4 is 5.91 Å². The van der Waals surface area contributed by atoms with Gasteiger partial charge in [-0.05, 0) is 37.5 Å². The zero-order valence-corrected chi connectivity index (χ0v) is 9.28. The van der Waals surface area contributed by atoms with Crippen molar-refractivity contribution in [2.75, 3.05) is 13.1 Å². The van der Waals surface area contributed by atoms with E-state index in [4.69, 9.17) is 0 Å². The average Bonchev–Trinajstić information content (AvgIpc) is 2.80. The smallest absolute Gasteiger partial charge is 0.225 e. The average molecular weight is 209 g/mol. The van der Waals surface area contributed by atoms with Gasteiger partial charge in [0.1, 0.15) is 0 Å². The first kappa shape index (κ1) is 9.64. The summed E-state index contributed by atoms with van der Waals surface area (Å²) in [5, 5.41) is 9.85. The first-order chi connectivity index (χ1) is 7.11. The topological polar surface area (TPSA) is 40.5 Å². The van der Waals surface area contributed by atoms with E-state index in [-0.39, 0.29) is 5.92 Å². The van der Waals surface area contributed by atoms with Crippen LogP contribution in [0.4, 0.5) is 0 Å². The lowest BCUT2D eigenvalue weighted by molar-refractivity contribution is -0.160. The molecule has 2 unspecified atom stereocenters. The standard InChI is InChI=1S/C12H19NO2/c1-2-12(15)6-13(7-12)11(14)10-4-8-3-9(8)5-10/h8-10,15H,2-7H2,1H3. The second-order valence-corrected chi connectivity index (χ2v) is 5.70. The van der Waals surface area contributed by atoms with Crippen molar-refractivity contribution in [3.05, 3.63) is 0 Å². The summed E-state index contributed by atoms with van der Waals surface area (Å²) in [4.78, 5) is 13.9. The van der Waals surface area contributed by atoms with Gasteiger partial charge in [0, 0.05) is 5.92 Å². The van der Waals surface area contributed by atoms with E-state index in [0.29, 0.717) is 19.0 Å². The molecule has 2 atom stereocenters. The van der Waals surface area contributed by atoms with Gasteiger partial charge in [-0.3, -0.25) is 4.79 Å². The van der Waals surface area contributed by atoms with Crippen molar-refractivity contribution < 1.29 is 9.90 Å². The third kappa shape index (κ3) is 1.48. The minimum Gasteiger partial charge on any atom is -0.386 e. The molecule has 0 bridgehead atoms. The lowest BCUT2D eigenvalue weighted by atomic mass is 9.89. The van der Waals surface area contributed by atoms with Crippen LogP contribution in [0.3, 0.4) is 0 Å². The Bertz CT molecular complexity index is 286. The predicted octanol–water partition coefficient (Wildman–Crippen LogP) is 1.02. The molecule has 2 aliphatic carbocycles. The van der Waals surface area contributed by atoms with Crippen LogP contribution >= 0.6 is 0 Å². The van der Waals surface area contributed by atoms with Gasteiger partial charge in [0.15, 0.2) is 0 Å². The molecule has 84 valence electrons. The molecular formula is C12H19NO2. The van der Waals surface area contributed by atoms with Crippen molar-refractivity contribution in [3.8, 4) is 0 Å². The number of β-amino-alcohol motifs (C(OH)–C–C–N with tert-alkyl or cyclic N) is 1. The normalized spacial score (nSPS) is 40.9. The largest absolute Gasteiger partial charge is 0.386 e. The van der Waals surface area contributed by atoms with Crippen LogP contribution < -0.4 is 0 Å². The van der Waals surface area contributed by atoms with Crippen molar-refractivity contribution in [3.63, 3.8) is 0 Å². The highest BCUT2D eigenvalue weighted by atomic mass is 16.3. The van der Waals surface area contributed by atoms with E-state index >= 15 is 0 Å². The Balaban J connectivity index is 1.54. The van der Waals surface area contributed by atoms with Gasteiger partial charge in [0.25, 0.3) is 0 Å². The molecule has 0 radical (unpaired) electrons. The van der Waals surface area contributed by atoms with E-state index in [1.54, 1.807) is 0 Å². The van der Waals surface area contributed by atoms with E-state index in [0.717, 1.165) is 31.1 Å². The minimum atomic E-state index is -0.572. The van der Waals surface area contributed by atoms with E-state index in [1.165, 1.54) is 6.42 Å². The van der Waals surface area contributed by atoms with Gasteiger partial charge in [-0.2, -0.15) is 0 Å². The molecule has 1 amide bonds. The van der Waals surface area contributed by atoms with Gasteiger partial charge in [-0.1, -0.05) is 6.92 Å². The molecule has 0 aromatic carbocycles. The molecule has 1 N–H and O–H groups in total. The summed E-state index contributed by atoms with van der Waals surface area (Å²) < 4.78 is 0. The Kier molecular flexibility index (Phi) is 1.91. The summed E-state index contributed by atoms with van der Waals surface area (Å²) >= 11 is 0. The van der Waals surface area contributed by atoms with Gasteiger partial charge in [-0.25, -0.2) is 0 Å². The van der Waals surface area contributed by atoms with Crippen LogP contribution in [0.5, 0.6) is 0 Å². The first-order valence-electron chi connectivity index (χ1n) is 6.12. The molecule has 2 saturated carbocycles. The van der Waals surface area contributed by atoms with Crippen molar-refractivity contribution in [1.82, 2.24) is 4.90 Å². The Labute approximate surface area is 90.5 Å². The number of amides is 1. The molecule has 0 aromatic rings. The van der Waals surface area contributed by atoms with Gasteiger partial charge in [-0.15, -0.1) is 0 Å². The summed E-state index contributed by atoms with van der Waals surface area (Å²) in [6.07, 6.45) is 4.35. The lowest BCUT2D eigenvalue weighted by Crippen LogP contribution is -2.64. The second-order valence-electron chi connectivity index (χ2n) is 5.70. The molecule has 3 fully saturated rings. The number of fused-ring (bicyclic) bond motifs is 1. The van der Waals surface area contributed by atoms with Crippen LogP contribution in [0.1, 0.15) is 32.6 Å². The minimum absolute atomic E-state index is 0.287. The third-order valence-electron chi connectivity index (χ3n) is 4.53. The van der Waals surface area contributed by atoms with Crippen LogP contribution in [0.25, 0.3) is 0 Å². The van der Waals surface area contributed by atoms with Crippen LogP contribution in [0.2, 0.25) is 0 Å². The Hall–Kier alpha value is -0.570. The number of hydrogen-bond acceptors (Lipinski definition) is 2. The Morgan fingerprint density at radius 2 is 1.93 bits per heavy atom. The van der Waals surface area contributed by atoms with Gasteiger partial charge in [0.2, 0.25) is 5.91 Å². The Morgan fingerprint density at radius 1 is 1.33 bits per heavy atom. The number of nitrogens with zero attached hydrogens (tertiary/aromatic N) is 1. The summed E-state index contributed by atoms with van der Waals surface area (Å²) in [7, 11) is 0. The van der Waals surface area contributed by atoms with Crippen LogP contribution in [0.15, 0.2) is 0 Å². The Morgan fingerprint density at radius 3 is 2.47 bits per heavy atom. The molecule has 0 aromatic heterocycles. The van der Waals surface area contributed by atoms with E-state index < -0.39 is 5.60 Å².